The van der Waals surface area contributed by atoms with E-state index in [1.165, 1.54) is 6.26 Å². The molecule has 2 fully saturated rings. The summed E-state index contributed by atoms with van der Waals surface area (Å²) in [6.07, 6.45) is 2.44. The van der Waals surface area contributed by atoms with Crippen molar-refractivity contribution >= 4 is 11.8 Å². The van der Waals surface area contributed by atoms with Crippen molar-refractivity contribution < 1.29 is 14.0 Å². The van der Waals surface area contributed by atoms with Crippen molar-refractivity contribution in [1.82, 2.24) is 10.2 Å². The Morgan fingerprint density at radius 3 is 3.00 bits per heavy atom. The first-order valence-corrected chi connectivity index (χ1v) is 5.72. The number of nitrogens with zero attached hydrogens (tertiary/aromatic N) is 1. The summed E-state index contributed by atoms with van der Waals surface area (Å²) in [5.74, 6) is 0.614. The Labute approximate surface area is 98.8 Å². The van der Waals surface area contributed by atoms with E-state index in [1.807, 2.05) is 0 Å². The molecule has 2 amide bonds. The molecule has 17 heavy (non-hydrogen) atoms. The van der Waals surface area contributed by atoms with Gasteiger partial charge in [0.05, 0.1) is 11.8 Å². The van der Waals surface area contributed by atoms with Crippen LogP contribution in [0.15, 0.2) is 22.8 Å². The number of amides is 2. The van der Waals surface area contributed by atoms with Crippen LogP contribution in [0.1, 0.15) is 23.9 Å². The van der Waals surface area contributed by atoms with Gasteiger partial charge in [0.25, 0.3) is 5.91 Å². The van der Waals surface area contributed by atoms with Crippen LogP contribution in [-0.2, 0) is 4.79 Å². The van der Waals surface area contributed by atoms with Gasteiger partial charge in [-0.3, -0.25) is 9.59 Å². The van der Waals surface area contributed by atoms with Gasteiger partial charge in [-0.25, -0.2) is 0 Å². The number of piperidine rings is 1. The summed E-state index contributed by atoms with van der Waals surface area (Å²) in [5.41, 5.74) is -0.199. The lowest BCUT2D eigenvalue weighted by Gasteiger charge is -2.19. The van der Waals surface area contributed by atoms with Gasteiger partial charge < -0.3 is 14.6 Å². The molecule has 1 unspecified atom stereocenters. The maximum absolute atomic E-state index is 11.9. The topological polar surface area (TPSA) is 62.6 Å². The minimum atomic E-state index is -0.199. The largest absolute Gasteiger partial charge is 0.459 e. The highest BCUT2D eigenvalue weighted by Crippen LogP contribution is 2.49. The van der Waals surface area contributed by atoms with Crippen molar-refractivity contribution in [2.45, 2.75) is 18.9 Å². The summed E-state index contributed by atoms with van der Waals surface area (Å²) < 4.78 is 5.05. The maximum atomic E-state index is 11.9. The predicted octanol–water partition coefficient (Wildman–Crippen LogP) is 0.630. The highest BCUT2D eigenvalue weighted by molar-refractivity contribution is 5.92. The average Bonchev–Trinajstić information content (AvgIpc) is 2.76. The number of rotatable bonds is 2. The minimum absolute atomic E-state index is 0.0730. The molecule has 2 atom stereocenters. The number of hydrogen-bond donors (Lipinski definition) is 1. The van der Waals surface area contributed by atoms with E-state index >= 15 is 0 Å². The van der Waals surface area contributed by atoms with Gasteiger partial charge >= 0.3 is 0 Å². The second-order valence-electron chi connectivity index (χ2n) is 4.89. The smallest absolute Gasteiger partial charge is 0.287 e. The Hall–Kier alpha value is -1.78. The van der Waals surface area contributed by atoms with Gasteiger partial charge in [0.1, 0.15) is 0 Å². The van der Waals surface area contributed by atoms with Crippen molar-refractivity contribution in [3.63, 3.8) is 0 Å². The van der Waals surface area contributed by atoms with Crippen LogP contribution in [0.25, 0.3) is 0 Å². The Morgan fingerprint density at radius 2 is 2.41 bits per heavy atom. The average molecular weight is 234 g/mol. The fraction of sp³-hybridized carbons (Fsp3) is 0.500. The Bertz CT molecular complexity index is 468. The van der Waals surface area contributed by atoms with Crippen LogP contribution < -0.4 is 5.32 Å². The van der Waals surface area contributed by atoms with Crippen molar-refractivity contribution in [1.29, 1.82) is 0 Å². The number of carbonyl (C=O) groups is 2. The van der Waals surface area contributed by atoms with Gasteiger partial charge in [0.15, 0.2) is 5.76 Å². The third kappa shape index (κ3) is 1.62. The fourth-order valence-electron chi connectivity index (χ4n) is 2.61. The molecule has 5 heteroatoms. The molecule has 1 saturated carbocycles. The van der Waals surface area contributed by atoms with Crippen molar-refractivity contribution in [3.05, 3.63) is 24.2 Å². The SMILES string of the molecule is CC(=O)N1CC2C[C@]2(NC(=O)c2ccco2)C1. The molecule has 0 radical (unpaired) electrons. The van der Waals surface area contributed by atoms with Crippen LogP contribution in [0.2, 0.25) is 0 Å². The molecule has 0 spiro atoms. The second kappa shape index (κ2) is 3.35. The van der Waals surface area contributed by atoms with Crippen molar-refractivity contribution in [2.24, 2.45) is 5.92 Å². The van der Waals surface area contributed by atoms with Crippen LogP contribution in [0.3, 0.4) is 0 Å². The highest BCUT2D eigenvalue weighted by atomic mass is 16.3. The van der Waals surface area contributed by atoms with Crippen molar-refractivity contribution in [2.75, 3.05) is 13.1 Å². The molecule has 1 aromatic heterocycles. The van der Waals surface area contributed by atoms with Gasteiger partial charge in [-0.2, -0.15) is 0 Å². The first kappa shape index (κ1) is 10.4. The van der Waals surface area contributed by atoms with Gasteiger partial charge in [-0.1, -0.05) is 0 Å². The third-order valence-electron chi connectivity index (χ3n) is 3.70. The number of carbonyl (C=O) groups excluding carboxylic acids is 2. The summed E-state index contributed by atoms with van der Waals surface area (Å²) in [5, 5.41) is 2.99. The van der Waals surface area contributed by atoms with Crippen LogP contribution in [0.4, 0.5) is 0 Å². The summed E-state index contributed by atoms with van der Waals surface area (Å²) in [4.78, 5) is 24.9. The molecular formula is C12H14N2O3. The molecule has 2 aliphatic rings. The number of hydrogen-bond acceptors (Lipinski definition) is 3. The van der Waals surface area contributed by atoms with Crippen LogP contribution >= 0.6 is 0 Å². The first-order chi connectivity index (χ1) is 8.11. The summed E-state index contributed by atoms with van der Waals surface area (Å²) >= 11 is 0. The highest BCUT2D eigenvalue weighted by Gasteiger charge is 2.61. The van der Waals surface area contributed by atoms with E-state index in [-0.39, 0.29) is 17.4 Å². The molecule has 1 aromatic rings. The van der Waals surface area contributed by atoms with Crippen LogP contribution in [0, 0.1) is 5.92 Å². The number of nitrogens with one attached hydrogen (secondary N) is 1. The number of furan rings is 1. The third-order valence-corrected chi connectivity index (χ3v) is 3.70. The standard InChI is InChI=1S/C12H14N2O3/c1-8(15)14-6-9-5-12(9,7-14)13-11(16)10-3-2-4-17-10/h2-4,9H,5-7H2,1H3,(H,13,16)/t9?,12-/m0/s1. The maximum Gasteiger partial charge on any atom is 0.287 e. The van der Waals surface area contributed by atoms with Gasteiger partial charge in [-0.15, -0.1) is 0 Å². The van der Waals surface area contributed by atoms with Gasteiger partial charge in [0, 0.05) is 25.9 Å². The predicted molar refractivity (Wildman–Crippen MR) is 59.3 cm³/mol. The molecule has 0 aromatic carbocycles. The Morgan fingerprint density at radius 1 is 1.59 bits per heavy atom. The normalized spacial score (nSPS) is 29.9. The summed E-state index contributed by atoms with van der Waals surface area (Å²) in [6, 6.07) is 3.33. The summed E-state index contributed by atoms with van der Waals surface area (Å²) in [6.45, 7) is 2.94. The Balaban J connectivity index is 1.68. The molecule has 90 valence electrons. The second-order valence-corrected chi connectivity index (χ2v) is 4.89. The number of fused-ring (bicyclic) bond motifs is 1. The zero-order valence-corrected chi connectivity index (χ0v) is 9.60. The van der Waals surface area contributed by atoms with E-state index in [4.69, 9.17) is 4.42 Å². The molecule has 5 nitrogen and oxygen atoms in total. The van der Waals surface area contributed by atoms with Gasteiger partial charge in [0.2, 0.25) is 5.91 Å². The van der Waals surface area contributed by atoms with E-state index in [0.717, 1.165) is 13.0 Å². The number of likely N-dealkylation sites (tertiary alicyclic amines) is 1. The van der Waals surface area contributed by atoms with E-state index in [0.29, 0.717) is 18.2 Å². The molecular weight excluding hydrogens is 220 g/mol. The van der Waals surface area contributed by atoms with E-state index < -0.39 is 0 Å². The van der Waals surface area contributed by atoms with E-state index in [1.54, 1.807) is 24.0 Å². The lowest BCUT2D eigenvalue weighted by Crippen LogP contribution is -2.43. The monoisotopic (exact) mass is 234 g/mol. The van der Waals surface area contributed by atoms with Gasteiger partial charge in [-0.05, 0) is 18.6 Å². The zero-order valence-electron chi connectivity index (χ0n) is 9.60. The molecule has 1 N–H and O–H groups in total. The minimum Gasteiger partial charge on any atom is -0.459 e. The molecule has 0 bridgehead atoms. The lowest BCUT2D eigenvalue weighted by molar-refractivity contribution is -0.128. The first-order valence-electron chi connectivity index (χ1n) is 5.72. The summed E-state index contributed by atoms with van der Waals surface area (Å²) in [7, 11) is 0. The molecule has 1 aliphatic heterocycles. The van der Waals surface area contributed by atoms with E-state index in [9.17, 15) is 9.59 Å². The molecule has 2 heterocycles. The van der Waals surface area contributed by atoms with Crippen molar-refractivity contribution in [3.8, 4) is 0 Å². The van der Waals surface area contributed by atoms with Crippen LogP contribution in [0.5, 0.6) is 0 Å². The Kier molecular flexibility index (Phi) is 2.05. The quantitative estimate of drug-likeness (QED) is 0.816. The molecule has 1 saturated heterocycles. The fourth-order valence-corrected chi connectivity index (χ4v) is 2.61. The lowest BCUT2D eigenvalue weighted by atomic mass is 10.2. The zero-order chi connectivity index (χ0) is 12.0. The molecule has 1 aliphatic carbocycles. The van der Waals surface area contributed by atoms with E-state index in [2.05, 4.69) is 5.32 Å². The molecule has 3 rings (SSSR count). The van der Waals surface area contributed by atoms with Crippen LogP contribution in [-0.4, -0.2) is 35.3 Å².